The fourth-order valence-corrected chi connectivity index (χ4v) is 2.65. The molecule has 8 heteroatoms. The van der Waals surface area contributed by atoms with Crippen molar-refractivity contribution in [2.75, 3.05) is 16.9 Å². The predicted molar refractivity (Wildman–Crippen MR) is 89.6 cm³/mol. The molecule has 0 bridgehead atoms. The summed E-state index contributed by atoms with van der Waals surface area (Å²) in [5.41, 5.74) is 0.590. The van der Waals surface area contributed by atoms with Crippen molar-refractivity contribution in [2.45, 2.75) is 31.3 Å². The molecule has 1 aromatic carbocycles. The molecule has 0 saturated carbocycles. The van der Waals surface area contributed by atoms with E-state index in [1.807, 2.05) is 12.1 Å². The highest BCUT2D eigenvalue weighted by atomic mass is 35.5. The number of halogens is 1. The van der Waals surface area contributed by atoms with E-state index in [0.717, 1.165) is 25.1 Å². The molecular weight excluding hydrogens is 322 g/mol. The zero-order chi connectivity index (χ0) is 15.9. The molecule has 1 aromatic heterocycles. The molecule has 2 rings (SSSR count). The van der Waals surface area contributed by atoms with Gasteiger partial charge >= 0.3 is 0 Å². The minimum atomic E-state index is -0.170. The van der Waals surface area contributed by atoms with E-state index in [0.29, 0.717) is 15.9 Å². The zero-order valence-electron chi connectivity index (χ0n) is 12.3. The van der Waals surface area contributed by atoms with E-state index < -0.39 is 0 Å². The molecule has 0 aliphatic heterocycles. The Morgan fingerprint density at radius 1 is 1.41 bits per heavy atom. The molecule has 2 aromatic rings. The highest BCUT2D eigenvalue weighted by Gasteiger charge is 2.12. The van der Waals surface area contributed by atoms with Crippen molar-refractivity contribution in [3.8, 4) is 0 Å². The van der Waals surface area contributed by atoms with E-state index in [2.05, 4.69) is 22.4 Å². The third-order valence-electron chi connectivity index (χ3n) is 2.97. The minimum absolute atomic E-state index is 0.170. The summed E-state index contributed by atoms with van der Waals surface area (Å²) in [6.07, 6.45) is 2.86. The van der Waals surface area contributed by atoms with Gasteiger partial charge in [-0.05, 0) is 18.6 Å². The summed E-state index contributed by atoms with van der Waals surface area (Å²) < 4.78 is 1.45. The third-order valence-corrected chi connectivity index (χ3v) is 4.24. The van der Waals surface area contributed by atoms with E-state index >= 15 is 0 Å². The van der Waals surface area contributed by atoms with Crippen molar-refractivity contribution in [1.29, 1.82) is 0 Å². The first kappa shape index (κ1) is 16.6. The van der Waals surface area contributed by atoms with Crippen LogP contribution >= 0.6 is 23.4 Å². The molecule has 0 unspecified atom stereocenters. The molecule has 118 valence electrons. The van der Waals surface area contributed by atoms with Crippen LogP contribution < -0.4 is 11.2 Å². The van der Waals surface area contributed by atoms with Gasteiger partial charge in [0.2, 0.25) is 11.1 Å². The summed E-state index contributed by atoms with van der Waals surface area (Å²) in [5.74, 6) is 6.68. The Labute approximate surface area is 138 Å². The van der Waals surface area contributed by atoms with E-state index in [-0.39, 0.29) is 11.7 Å². The van der Waals surface area contributed by atoms with Crippen molar-refractivity contribution in [1.82, 2.24) is 14.9 Å². The maximum absolute atomic E-state index is 11.9. The predicted octanol–water partition coefficient (Wildman–Crippen LogP) is 2.72. The lowest BCUT2D eigenvalue weighted by atomic mass is 10.2. The van der Waals surface area contributed by atoms with Crippen molar-refractivity contribution in [2.24, 2.45) is 0 Å². The number of anilines is 1. The van der Waals surface area contributed by atoms with Crippen LogP contribution in [0.15, 0.2) is 29.4 Å². The summed E-state index contributed by atoms with van der Waals surface area (Å²) in [4.78, 5) is 11.9. The Morgan fingerprint density at radius 2 is 2.18 bits per heavy atom. The number of carbonyl (C=O) groups is 1. The first-order valence-corrected chi connectivity index (χ1v) is 8.34. The fraction of sp³-hybridized carbons (Fsp3) is 0.357. The second-order valence-electron chi connectivity index (χ2n) is 4.69. The molecule has 0 saturated heterocycles. The first-order valence-electron chi connectivity index (χ1n) is 6.98. The number of carbonyl (C=O) groups excluding carboxylic acids is 1. The molecule has 0 fully saturated rings. The Hall–Kier alpha value is -1.73. The number of aromatic nitrogens is 3. The molecule has 0 aliphatic rings. The molecule has 6 nitrogen and oxygen atoms in total. The molecule has 0 atom stereocenters. The molecule has 0 radical (unpaired) electrons. The van der Waals surface area contributed by atoms with E-state index in [4.69, 9.17) is 17.4 Å². The van der Waals surface area contributed by atoms with Crippen LogP contribution in [0, 0.1) is 0 Å². The van der Waals surface area contributed by atoms with Crippen LogP contribution in [-0.4, -0.2) is 26.5 Å². The smallest absolute Gasteiger partial charge is 0.234 e. The monoisotopic (exact) mass is 339 g/mol. The van der Waals surface area contributed by atoms with Gasteiger partial charge < -0.3 is 11.2 Å². The van der Waals surface area contributed by atoms with Gasteiger partial charge in [0.1, 0.15) is 0 Å². The van der Waals surface area contributed by atoms with Gasteiger partial charge in [-0.15, -0.1) is 10.2 Å². The Bertz CT molecular complexity index is 646. The van der Waals surface area contributed by atoms with Crippen LogP contribution in [0.1, 0.15) is 25.6 Å². The first-order chi connectivity index (χ1) is 10.6. The summed E-state index contributed by atoms with van der Waals surface area (Å²) in [7, 11) is 0. The van der Waals surface area contributed by atoms with Gasteiger partial charge in [0.05, 0.1) is 16.5 Å². The topological polar surface area (TPSA) is 85.8 Å². The van der Waals surface area contributed by atoms with Crippen LogP contribution in [0.4, 0.5) is 5.69 Å². The maximum atomic E-state index is 11.9. The fourth-order valence-electron chi connectivity index (χ4n) is 1.79. The number of benzene rings is 1. The number of rotatable bonds is 7. The number of amides is 1. The van der Waals surface area contributed by atoms with Crippen LogP contribution in [0.2, 0.25) is 5.02 Å². The number of nitrogen functional groups attached to an aromatic ring is 1. The summed E-state index contributed by atoms with van der Waals surface area (Å²) in [5, 5.41) is 11.8. The quantitative estimate of drug-likeness (QED) is 0.598. The average molecular weight is 340 g/mol. The van der Waals surface area contributed by atoms with E-state index in [9.17, 15) is 4.79 Å². The van der Waals surface area contributed by atoms with Gasteiger partial charge in [-0.3, -0.25) is 4.79 Å². The van der Waals surface area contributed by atoms with Crippen molar-refractivity contribution >= 4 is 35.0 Å². The third kappa shape index (κ3) is 4.38. The van der Waals surface area contributed by atoms with Crippen LogP contribution in [0.5, 0.6) is 0 Å². The average Bonchev–Trinajstić information content (AvgIpc) is 2.86. The molecule has 1 amide bonds. The highest BCUT2D eigenvalue weighted by Crippen LogP contribution is 2.21. The van der Waals surface area contributed by atoms with Gasteiger partial charge in [-0.2, -0.15) is 0 Å². The number of unbranched alkanes of at least 4 members (excludes halogenated alkanes) is 1. The molecule has 3 N–H and O–H groups in total. The van der Waals surface area contributed by atoms with E-state index in [1.165, 1.54) is 16.4 Å². The Balaban J connectivity index is 1.89. The van der Waals surface area contributed by atoms with Crippen LogP contribution in [-0.2, 0) is 11.2 Å². The number of hydrogen-bond acceptors (Lipinski definition) is 5. The van der Waals surface area contributed by atoms with Crippen LogP contribution in [0.3, 0.4) is 0 Å². The summed E-state index contributed by atoms with van der Waals surface area (Å²) >= 11 is 7.24. The van der Waals surface area contributed by atoms with Crippen molar-refractivity contribution in [3.05, 3.63) is 35.1 Å². The lowest BCUT2D eigenvalue weighted by Crippen LogP contribution is -2.17. The second kappa shape index (κ2) is 8.05. The molecule has 0 aliphatic carbocycles. The number of nitrogens with two attached hydrogens (primary N) is 1. The standard InChI is InChI=1S/C14H18ClN5OS/c1-2-3-8-12-18-19-14(20(12)16)22-9-13(21)17-11-7-5-4-6-10(11)15/h4-7H,2-3,8-9,16H2,1H3,(H,17,21). The van der Waals surface area contributed by atoms with Gasteiger partial charge in [0.25, 0.3) is 0 Å². The number of nitrogens with one attached hydrogen (secondary N) is 1. The lowest BCUT2D eigenvalue weighted by molar-refractivity contribution is -0.113. The number of nitrogens with zero attached hydrogens (tertiary/aromatic N) is 3. The second-order valence-corrected chi connectivity index (χ2v) is 6.04. The van der Waals surface area contributed by atoms with Crippen molar-refractivity contribution < 1.29 is 4.79 Å². The zero-order valence-corrected chi connectivity index (χ0v) is 13.8. The Morgan fingerprint density at radius 3 is 2.91 bits per heavy atom. The maximum Gasteiger partial charge on any atom is 0.234 e. The summed E-state index contributed by atoms with van der Waals surface area (Å²) in [6, 6.07) is 7.09. The number of aryl methyl sites for hydroxylation is 1. The van der Waals surface area contributed by atoms with Gasteiger partial charge in [-0.1, -0.05) is 48.8 Å². The van der Waals surface area contributed by atoms with Crippen molar-refractivity contribution in [3.63, 3.8) is 0 Å². The minimum Gasteiger partial charge on any atom is -0.336 e. The lowest BCUT2D eigenvalue weighted by Gasteiger charge is -2.06. The Kier molecular flexibility index (Phi) is 6.09. The molecule has 1 heterocycles. The van der Waals surface area contributed by atoms with Gasteiger partial charge in [-0.25, -0.2) is 4.68 Å². The largest absolute Gasteiger partial charge is 0.336 e. The van der Waals surface area contributed by atoms with Gasteiger partial charge in [0.15, 0.2) is 5.82 Å². The number of hydrogen-bond donors (Lipinski definition) is 2. The molecule has 0 spiro atoms. The van der Waals surface area contributed by atoms with Crippen LogP contribution in [0.25, 0.3) is 0 Å². The molecule has 22 heavy (non-hydrogen) atoms. The number of thioether (sulfide) groups is 1. The number of para-hydroxylation sites is 1. The normalized spacial score (nSPS) is 10.6. The summed E-state index contributed by atoms with van der Waals surface area (Å²) in [6.45, 7) is 2.10. The molecular formula is C14H18ClN5OS. The van der Waals surface area contributed by atoms with E-state index in [1.54, 1.807) is 12.1 Å². The SMILES string of the molecule is CCCCc1nnc(SCC(=O)Nc2ccccc2Cl)n1N. The van der Waals surface area contributed by atoms with Gasteiger partial charge in [0, 0.05) is 6.42 Å². The highest BCUT2D eigenvalue weighted by molar-refractivity contribution is 7.99.